The van der Waals surface area contributed by atoms with E-state index < -0.39 is 23.3 Å². The second kappa shape index (κ2) is 13.4. The molecule has 2 N–H and O–H groups in total. The van der Waals surface area contributed by atoms with Crippen molar-refractivity contribution in [3.05, 3.63) is 77.8 Å². The smallest absolute Gasteiger partial charge is 0.407 e. The monoisotopic (exact) mass is 556 g/mol. The molecule has 1 amide bonds. The fourth-order valence-electron chi connectivity index (χ4n) is 4.45. The third kappa shape index (κ3) is 9.13. The number of alkyl carbamates (subject to hydrolysis) is 1. The van der Waals surface area contributed by atoms with E-state index in [1.807, 2.05) is 55.7 Å². The molecule has 40 heavy (non-hydrogen) atoms. The summed E-state index contributed by atoms with van der Waals surface area (Å²) in [5, 5.41) is 6.49. The Morgan fingerprint density at radius 2 is 1.75 bits per heavy atom. The van der Waals surface area contributed by atoms with Crippen molar-refractivity contribution < 1.29 is 23.0 Å². The summed E-state index contributed by atoms with van der Waals surface area (Å²) in [6.45, 7) is 13.1. The third-order valence-corrected chi connectivity index (χ3v) is 6.26. The minimum Gasteiger partial charge on any atom is -0.444 e. The molecule has 0 aliphatic rings. The molecule has 218 valence electrons. The van der Waals surface area contributed by atoms with Gasteiger partial charge in [0.25, 0.3) is 0 Å². The highest BCUT2D eigenvalue weighted by Crippen LogP contribution is 2.35. The second-order valence-corrected chi connectivity index (χ2v) is 12.1. The molecule has 0 saturated heterocycles. The predicted octanol–water partition coefficient (Wildman–Crippen LogP) is 6.48. The van der Waals surface area contributed by atoms with E-state index in [0.29, 0.717) is 37.6 Å². The molecule has 1 aromatic heterocycles. The summed E-state index contributed by atoms with van der Waals surface area (Å²) < 4.78 is 41.5. The molecule has 0 spiro atoms. The normalized spacial score (nSPS) is 13.6. The standard InChI is InChI=1S/C31H42F2N4O3/c1-30(2,3)27(34-16-15-23(20-39-7)35-29(38)40-31(4,5)6)28-36-26(24-17-22(32)13-14-25(24)33)19-37(28)18-21-11-9-8-10-12-21/h8-14,17,19,23,27,34H,15-16,18,20H2,1-7H3,(H,35,38). The zero-order valence-corrected chi connectivity index (χ0v) is 24.6. The summed E-state index contributed by atoms with van der Waals surface area (Å²) in [5.74, 6) is -0.352. The number of hydrogen-bond acceptors (Lipinski definition) is 5. The Morgan fingerprint density at radius 1 is 1.05 bits per heavy atom. The molecule has 3 rings (SSSR count). The van der Waals surface area contributed by atoms with Crippen LogP contribution in [0.2, 0.25) is 0 Å². The molecule has 0 radical (unpaired) electrons. The molecule has 0 aliphatic heterocycles. The molecule has 0 bridgehead atoms. The number of nitrogens with one attached hydrogen (secondary N) is 2. The Balaban J connectivity index is 1.89. The molecule has 1 heterocycles. The van der Waals surface area contributed by atoms with Gasteiger partial charge < -0.3 is 24.7 Å². The van der Waals surface area contributed by atoms with Crippen molar-refractivity contribution in [1.29, 1.82) is 0 Å². The van der Waals surface area contributed by atoms with Gasteiger partial charge in [-0.2, -0.15) is 0 Å². The van der Waals surface area contributed by atoms with E-state index in [-0.39, 0.29) is 23.1 Å². The summed E-state index contributed by atoms with van der Waals surface area (Å²) >= 11 is 0. The van der Waals surface area contributed by atoms with E-state index in [9.17, 15) is 13.6 Å². The van der Waals surface area contributed by atoms with Crippen LogP contribution < -0.4 is 10.6 Å². The van der Waals surface area contributed by atoms with Gasteiger partial charge in [-0.3, -0.25) is 0 Å². The maximum atomic E-state index is 14.7. The molecule has 0 fully saturated rings. The van der Waals surface area contributed by atoms with Gasteiger partial charge in [-0.05, 0) is 62.9 Å². The van der Waals surface area contributed by atoms with Crippen LogP contribution in [0.25, 0.3) is 11.3 Å². The number of methoxy groups -OCH3 is 1. The van der Waals surface area contributed by atoms with Crippen molar-refractivity contribution in [3.8, 4) is 11.3 Å². The van der Waals surface area contributed by atoms with Crippen molar-refractivity contribution in [3.63, 3.8) is 0 Å². The SMILES string of the molecule is COCC(CCNC(c1nc(-c2cc(F)ccc2F)cn1Cc1ccccc1)C(C)(C)C)NC(=O)OC(C)(C)C. The molecule has 3 aromatic rings. The van der Waals surface area contributed by atoms with Gasteiger partial charge in [0, 0.05) is 25.4 Å². The van der Waals surface area contributed by atoms with Crippen LogP contribution in [0, 0.1) is 17.0 Å². The van der Waals surface area contributed by atoms with Crippen molar-refractivity contribution in [2.75, 3.05) is 20.3 Å². The average molecular weight is 557 g/mol. The molecule has 2 aromatic carbocycles. The van der Waals surface area contributed by atoms with Crippen LogP contribution in [0.5, 0.6) is 0 Å². The van der Waals surface area contributed by atoms with E-state index in [2.05, 4.69) is 31.4 Å². The van der Waals surface area contributed by atoms with E-state index in [4.69, 9.17) is 14.5 Å². The van der Waals surface area contributed by atoms with Gasteiger partial charge in [-0.15, -0.1) is 0 Å². The summed E-state index contributed by atoms with van der Waals surface area (Å²) in [6, 6.07) is 12.8. The Hall–Kier alpha value is -3.30. The number of nitrogens with zero attached hydrogens (tertiary/aromatic N) is 2. The molecule has 2 unspecified atom stereocenters. The minimum atomic E-state index is -0.605. The summed E-state index contributed by atoms with van der Waals surface area (Å²) in [4.78, 5) is 17.2. The van der Waals surface area contributed by atoms with Crippen molar-refractivity contribution >= 4 is 6.09 Å². The van der Waals surface area contributed by atoms with E-state index in [1.165, 1.54) is 6.07 Å². The molecular weight excluding hydrogens is 514 g/mol. The fraction of sp³-hybridized carbons (Fsp3) is 0.484. The van der Waals surface area contributed by atoms with Crippen LogP contribution >= 0.6 is 0 Å². The average Bonchev–Trinajstić information content (AvgIpc) is 3.24. The highest BCUT2D eigenvalue weighted by atomic mass is 19.1. The fourth-order valence-corrected chi connectivity index (χ4v) is 4.45. The van der Waals surface area contributed by atoms with Crippen molar-refractivity contribution in [2.45, 2.75) is 72.2 Å². The molecule has 7 nitrogen and oxygen atoms in total. The summed E-state index contributed by atoms with van der Waals surface area (Å²) in [5.41, 5.74) is 0.644. The van der Waals surface area contributed by atoms with Crippen molar-refractivity contribution in [1.82, 2.24) is 20.2 Å². The number of carbonyl (C=O) groups is 1. The Kier molecular flexibility index (Phi) is 10.4. The van der Waals surface area contributed by atoms with Gasteiger partial charge in [-0.1, -0.05) is 51.1 Å². The topological polar surface area (TPSA) is 77.4 Å². The Bertz CT molecular complexity index is 1250. The Morgan fingerprint density at radius 3 is 2.38 bits per heavy atom. The molecule has 2 atom stereocenters. The van der Waals surface area contributed by atoms with Gasteiger partial charge in [0.1, 0.15) is 23.1 Å². The molecule has 0 saturated carbocycles. The summed E-state index contributed by atoms with van der Waals surface area (Å²) in [7, 11) is 1.59. The van der Waals surface area contributed by atoms with Crippen LogP contribution in [0.4, 0.5) is 13.6 Å². The van der Waals surface area contributed by atoms with Crippen LogP contribution in [0.3, 0.4) is 0 Å². The molecule has 9 heteroatoms. The number of hydrogen-bond donors (Lipinski definition) is 2. The van der Waals surface area contributed by atoms with Crippen LogP contribution in [0.1, 0.15) is 65.4 Å². The number of imidazole rings is 1. The van der Waals surface area contributed by atoms with E-state index in [0.717, 1.165) is 17.7 Å². The second-order valence-electron chi connectivity index (χ2n) is 12.1. The molecular formula is C31H42F2N4O3. The van der Waals surface area contributed by atoms with Gasteiger partial charge in [0.2, 0.25) is 0 Å². The highest BCUT2D eigenvalue weighted by Gasteiger charge is 2.31. The van der Waals surface area contributed by atoms with Gasteiger partial charge in [0.05, 0.1) is 24.4 Å². The lowest BCUT2D eigenvalue weighted by molar-refractivity contribution is 0.0463. The van der Waals surface area contributed by atoms with Crippen LogP contribution in [-0.4, -0.2) is 47.5 Å². The first kappa shape index (κ1) is 31.2. The van der Waals surface area contributed by atoms with E-state index in [1.54, 1.807) is 13.3 Å². The number of halogens is 2. The number of carbonyl (C=O) groups excluding carboxylic acids is 1. The van der Waals surface area contributed by atoms with Gasteiger partial charge in [-0.25, -0.2) is 18.6 Å². The lowest BCUT2D eigenvalue weighted by Gasteiger charge is -2.32. The number of benzene rings is 2. The quantitative estimate of drug-likeness (QED) is 0.283. The first-order valence-electron chi connectivity index (χ1n) is 13.5. The van der Waals surface area contributed by atoms with Gasteiger partial charge >= 0.3 is 6.09 Å². The Labute approximate surface area is 236 Å². The first-order chi connectivity index (χ1) is 18.8. The zero-order valence-electron chi connectivity index (χ0n) is 24.6. The lowest BCUT2D eigenvalue weighted by atomic mass is 9.86. The molecule has 0 aliphatic carbocycles. The maximum Gasteiger partial charge on any atom is 0.407 e. The minimum absolute atomic E-state index is 0.113. The largest absolute Gasteiger partial charge is 0.444 e. The lowest BCUT2D eigenvalue weighted by Crippen LogP contribution is -2.44. The maximum absolute atomic E-state index is 14.7. The predicted molar refractivity (Wildman–Crippen MR) is 153 cm³/mol. The number of ether oxygens (including phenoxy) is 2. The van der Waals surface area contributed by atoms with E-state index >= 15 is 0 Å². The number of rotatable bonds is 11. The van der Waals surface area contributed by atoms with Crippen LogP contribution in [-0.2, 0) is 16.0 Å². The highest BCUT2D eigenvalue weighted by molar-refractivity contribution is 5.68. The van der Waals surface area contributed by atoms with Gasteiger partial charge in [0.15, 0.2) is 0 Å². The summed E-state index contributed by atoms with van der Waals surface area (Å²) in [6.07, 6.45) is 1.85. The third-order valence-electron chi connectivity index (χ3n) is 6.26. The van der Waals surface area contributed by atoms with Crippen LogP contribution in [0.15, 0.2) is 54.7 Å². The number of amides is 1. The van der Waals surface area contributed by atoms with Crippen molar-refractivity contribution in [2.24, 2.45) is 5.41 Å². The number of aromatic nitrogens is 2. The first-order valence-corrected chi connectivity index (χ1v) is 13.5. The zero-order chi connectivity index (χ0) is 29.5.